The highest BCUT2D eigenvalue weighted by molar-refractivity contribution is 7.99. The molecule has 2 saturated heterocycles. The monoisotopic (exact) mass is 274 g/mol. The third-order valence-electron chi connectivity index (χ3n) is 3.13. The lowest BCUT2D eigenvalue weighted by Gasteiger charge is -2.23. The van der Waals surface area contributed by atoms with Crippen LogP contribution in [-0.4, -0.2) is 59.8 Å². The van der Waals surface area contributed by atoms with Crippen molar-refractivity contribution in [2.75, 3.05) is 24.6 Å². The first-order valence-corrected chi connectivity index (χ1v) is 7.29. The molecule has 0 aromatic rings. The van der Waals surface area contributed by atoms with Gasteiger partial charge in [-0.2, -0.15) is 11.8 Å². The molecule has 1 amide bonds. The fourth-order valence-electron chi connectivity index (χ4n) is 2.11. The first-order chi connectivity index (χ1) is 8.66. The van der Waals surface area contributed by atoms with Gasteiger partial charge in [-0.25, -0.2) is 4.79 Å². The summed E-state index contributed by atoms with van der Waals surface area (Å²) in [5, 5.41) is 14.8. The van der Waals surface area contributed by atoms with Crippen LogP contribution in [-0.2, 0) is 14.3 Å². The van der Waals surface area contributed by atoms with Crippen molar-refractivity contribution in [1.82, 2.24) is 10.6 Å². The zero-order chi connectivity index (χ0) is 13.0. The van der Waals surface area contributed by atoms with Gasteiger partial charge in [-0.1, -0.05) is 0 Å². The molecule has 6 nitrogen and oxygen atoms in total. The standard InChI is InChI=1S/C11H18N2O4S/c14-10(8-6-18-4-3-12-8)13-5-7-1-2-9(17-7)11(15)16/h7-9,12H,1-6H2,(H,13,14)(H,15,16). The summed E-state index contributed by atoms with van der Waals surface area (Å²) < 4.78 is 5.32. The van der Waals surface area contributed by atoms with Crippen LogP contribution in [0.15, 0.2) is 0 Å². The van der Waals surface area contributed by atoms with Crippen molar-refractivity contribution in [3.05, 3.63) is 0 Å². The number of carboxylic acid groups (broad SMARTS) is 1. The van der Waals surface area contributed by atoms with Gasteiger partial charge in [-0.05, 0) is 12.8 Å². The molecule has 0 aliphatic carbocycles. The Kier molecular flexibility index (Phi) is 4.85. The van der Waals surface area contributed by atoms with E-state index in [1.54, 1.807) is 11.8 Å². The molecule has 3 N–H and O–H groups in total. The summed E-state index contributed by atoms with van der Waals surface area (Å²) in [6, 6.07) is -0.138. The van der Waals surface area contributed by atoms with Crippen LogP contribution >= 0.6 is 11.8 Å². The summed E-state index contributed by atoms with van der Waals surface area (Å²) in [6.07, 6.45) is 0.318. The van der Waals surface area contributed by atoms with Crippen molar-refractivity contribution in [2.24, 2.45) is 0 Å². The van der Waals surface area contributed by atoms with Crippen LogP contribution < -0.4 is 10.6 Å². The molecule has 0 bridgehead atoms. The number of amides is 1. The van der Waals surface area contributed by atoms with Gasteiger partial charge >= 0.3 is 5.97 Å². The largest absolute Gasteiger partial charge is 0.479 e. The number of thioether (sulfide) groups is 1. The van der Waals surface area contributed by atoms with Crippen molar-refractivity contribution >= 4 is 23.6 Å². The lowest BCUT2D eigenvalue weighted by atomic mass is 10.2. The van der Waals surface area contributed by atoms with E-state index in [1.807, 2.05) is 0 Å². The molecule has 3 atom stereocenters. The quantitative estimate of drug-likeness (QED) is 0.637. The first kappa shape index (κ1) is 13.6. The molecule has 0 aromatic heterocycles. The number of hydrogen-bond acceptors (Lipinski definition) is 5. The van der Waals surface area contributed by atoms with Gasteiger partial charge in [-0.3, -0.25) is 4.79 Å². The maximum Gasteiger partial charge on any atom is 0.332 e. The third kappa shape index (κ3) is 3.60. The normalized spacial score (nSPS) is 32.1. The van der Waals surface area contributed by atoms with Gasteiger partial charge < -0.3 is 20.5 Å². The van der Waals surface area contributed by atoms with Crippen molar-refractivity contribution in [1.29, 1.82) is 0 Å². The van der Waals surface area contributed by atoms with E-state index in [2.05, 4.69) is 10.6 Å². The Bertz CT molecular complexity index is 320. The zero-order valence-electron chi connectivity index (χ0n) is 10.1. The molecule has 2 rings (SSSR count). The highest BCUT2D eigenvalue weighted by Gasteiger charge is 2.31. The van der Waals surface area contributed by atoms with Crippen LogP contribution in [0, 0.1) is 0 Å². The third-order valence-corrected chi connectivity index (χ3v) is 4.19. The van der Waals surface area contributed by atoms with E-state index in [1.165, 1.54) is 0 Å². The smallest absolute Gasteiger partial charge is 0.332 e. The lowest BCUT2D eigenvalue weighted by Crippen LogP contribution is -2.50. The van der Waals surface area contributed by atoms with E-state index in [0.717, 1.165) is 18.1 Å². The predicted molar refractivity (Wildman–Crippen MR) is 67.7 cm³/mol. The second-order valence-electron chi connectivity index (χ2n) is 4.49. The molecule has 102 valence electrons. The number of hydrogen-bond donors (Lipinski definition) is 3. The molecular weight excluding hydrogens is 256 g/mol. The van der Waals surface area contributed by atoms with Crippen LogP contribution in [0.25, 0.3) is 0 Å². The molecule has 7 heteroatoms. The fourth-order valence-corrected chi connectivity index (χ4v) is 3.04. The molecule has 0 saturated carbocycles. The molecule has 18 heavy (non-hydrogen) atoms. The summed E-state index contributed by atoms with van der Waals surface area (Å²) in [7, 11) is 0. The minimum atomic E-state index is -0.922. The molecule has 2 heterocycles. The van der Waals surface area contributed by atoms with E-state index in [0.29, 0.717) is 19.4 Å². The van der Waals surface area contributed by atoms with Gasteiger partial charge in [0, 0.05) is 24.6 Å². The first-order valence-electron chi connectivity index (χ1n) is 6.14. The molecule has 0 aromatic carbocycles. The van der Waals surface area contributed by atoms with E-state index < -0.39 is 12.1 Å². The minimum absolute atomic E-state index is 0.0235. The Morgan fingerprint density at radius 3 is 2.89 bits per heavy atom. The topological polar surface area (TPSA) is 87.7 Å². The summed E-state index contributed by atoms with van der Waals surface area (Å²) in [6.45, 7) is 1.25. The van der Waals surface area contributed by atoms with Crippen LogP contribution in [0.4, 0.5) is 0 Å². The average Bonchev–Trinajstić information content (AvgIpc) is 2.86. The average molecular weight is 274 g/mol. The predicted octanol–water partition coefficient (Wildman–Crippen LogP) is -0.560. The highest BCUT2D eigenvalue weighted by atomic mass is 32.2. The lowest BCUT2D eigenvalue weighted by molar-refractivity contribution is -0.149. The maximum atomic E-state index is 11.8. The summed E-state index contributed by atoms with van der Waals surface area (Å²) in [5.74, 6) is 0.879. The van der Waals surface area contributed by atoms with Crippen LogP contribution in [0.2, 0.25) is 0 Å². The minimum Gasteiger partial charge on any atom is -0.479 e. The number of aliphatic carboxylic acids is 1. The Hall–Kier alpha value is -0.790. The summed E-state index contributed by atoms with van der Waals surface area (Å²) >= 11 is 1.76. The van der Waals surface area contributed by atoms with Gasteiger partial charge in [-0.15, -0.1) is 0 Å². The molecular formula is C11H18N2O4S. The van der Waals surface area contributed by atoms with E-state index in [4.69, 9.17) is 9.84 Å². The van der Waals surface area contributed by atoms with Gasteiger partial charge in [0.25, 0.3) is 0 Å². The second kappa shape index (κ2) is 6.40. The van der Waals surface area contributed by atoms with Gasteiger partial charge in [0.1, 0.15) is 0 Å². The summed E-state index contributed by atoms with van der Waals surface area (Å²) in [5.41, 5.74) is 0. The maximum absolute atomic E-state index is 11.8. The molecule has 0 radical (unpaired) electrons. The fraction of sp³-hybridized carbons (Fsp3) is 0.818. The molecule has 3 unspecified atom stereocenters. The Morgan fingerprint density at radius 1 is 1.44 bits per heavy atom. The SMILES string of the molecule is O=C(NCC1CCC(C(=O)O)O1)C1CSCCN1. The number of carboxylic acids is 1. The van der Waals surface area contributed by atoms with Crippen molar-refractivity contribution < 1.29 is 19.4 Å². The Labute approximate surface area is 110 Å². The van der Waals surface area contributed by atoms with E-state index >= 15 is 0 Å². The van der Waals surface area contributed by atoms with E-state index in [9.17, 15) is 9.59 Å². The highest BCUT2D eigenvalue weighted by Crippen LogP contribution is 2.19. The van der Waals surface area contributed by atoms with Crippen molar-refractivity contribution in [2.45, 2.75) is 31.1 Å². The summed E-state index contributed by atoms with van der Waals surface area (Å²) in [4.78, 5) is 22.5. The van der Waals surface area contributed by atoms with Crippen LogP contribution in [0.1, 0.15) is 12.8 Å². The van der Waals surface area contributed by atoms with Crippen LogP contribution in [0.5, 0.6) is 0 Å². The van der Waals surface area contributed by atoms with Gasteiger partial charge in [0.15, 0.2) is 6.10 Å². The van der Waals surface area contributed by atoms with E-state index in [-0.39, 0.29) is 18.1 Å². The Balaban J connectivity index is 1.68. The van der Waals surface area contributed by atoms with Gasteiger partial charge in [0.2, 0.25) is 5.91 Å². The molecule has 2 fully saturated rings. The Morgan fingerprint density at radius 2 is 2.28 bits per heavy atom. The number of rotatable bonds is 4. The zero-order valence-corrected chi connectivity index (χ0v) is 10.9. The number of carbonyl (C=O) groups excluding carboxylic acids is 1. The van der Waals surface area contributed by atoms with Crippen molar-refractivity contribution in [3.8, 4) is 0 Å². The molecule has 2 aliphatic heterocycles. The van der Waals surface area contributed by atoms with Gasteiger partial charge in [0.05, 0.1) is 12.1 Å². The molecule has 0 spiro atoms. The number of nitrogens with one attached hydrogen (secondary N) is 2. The van der Waals surface area contributed by atoms with Crippen LogP contribution in [0.3, 0.4) is 0 Å². The number of carbonyl (C=O) groups is 2. The van der Waals surface area contributed by atoms with Crippen molar-refractivity contribution in [3.63, 3.8) is 0 Å². The number of ether oxygens (including phenoxy) is 1. The second-order valence-corrected chi connectivity index (χ2v) is 5.64. The molecule has 2 aliphatic rings.